The second-order valence-electron chi connectivity index (χ2n) is 3.76. The van der Waals surface area contributed by atoms with Gasteiger partial charge >= 0.3 is 0 Å². The number of halogens is 1. The molecular formula is C10H13F. The highest BCUT2D eigenvalue weighted by atomic mass is 18.2. The van der Waals surface area contributed by atoms with Crippen LogP contribution in [0.25, 0.3) is 0 Å². The molecule has 0 aliphatic heterocycles. The van der Waals surface area contributed by atoms with Gasteiger partial charge in [0.25, 0.3) is 0 Å². The molecule has 0 unspecified atom stereocenters. The highest BCUT2D eigenvalue weighted by Crippen LogP contribution is 2.21. The predicted octanol–water partition coefficient (Wildman–Crippen LogP) is 3.12. The van der Waals surface area contributed by atoms with Gasteiger partial charge in [-0.3, -0.25) is 0 Å². The van der Waals surface area contributed by atoms with Crippen LogP contribution >= 0.6 is 0 Å². The fraction of sp³-hybridized carbons (Fsp3) is 0.400. The summed E-state index contributed by atoms with van der Waals surface area (Å²) in [4.78, 5) is 0. The molecule has 0 N–H and O–H groups in total. The summed E-state index contributed by atoms with van der Waals surface area (Å²) in [6.45, 7) is 6.33. The molecule has 11 heavy (non-hydrogen) atoms. The SMILES string of the molecule is CC(C)(C)c1ccc([18F])cc1. The highest BCUT2D eigenvalue weighted by Gasteiger charge is 2.12. The lowest BCUT2D eigenvalue weighted by Gasteiger charge is -2.18. The number of hydrogen-bond acceptors (Lipinski definition) is 0. The fourth-order valence-electron chi connectivity index (χ4n) is 0.950. The summed E-state index contributed by atoms with van der Waals surface area (Å²) in [6.07, 6.45) is 0. The molecule has 0 spiro atoms. The van der Waals surface area contributed by atoms with Crippen molar-refractivity contribution in [1.29, 1.82) is 0 Å². The van der Waals surface area contributed by atoms with E-state index in [2.05, 4.69) is 20.8 Å². The zero-order chi connectivity index (χ0) is 8.48. The molecule has 0 nitrogen and oxygen atoms in total. The maximum atomic E-state index is 12.5. The van der Waals surface area contributed by atoms with Gasteiger partial charge in [-0.2, -0.15) is 0 Å². The second kappa shape index (κ2) is 2.65. The van der Waals surface area contributed by atoms with Crippen molar-refractivity contribution in [2.45, 2.75) is 26.2 Å². The molecular weight excluding hydrogens is 138 g/mol. The largest absolute Gasteiger partial charge is 0.207 e. The van der Waals surface area contributed by atoms with Crippen molar-refractivity contribution in [3.63, 3.8) is 0 Å². The molecule has 1 aromatic carbocycles. The van der Waals surface area contributed by atoms with Gasteiger partial charge in [0.1, 0.15) is 5.82 Å². The second-order valence-corrected chi connectivity index (χ2v) is 3.76. The van der Waals surface area contributed by atoms with Gasteiger partial charge in [-0.1, -0.05) is 32.9 Å². The van der Waals surface area contributed by atoms with Crippen LogP contribution in [0.5, 0.6) is 0 Å². The molecule has 1 aromatic rings. The minimum atomic E-state index is -0.169. The van der Waals surface area contributed by atoms with E-state index in [1.807, 2.05) is 12.1 Å². The van der Waals surface area contributed by atoms with Crippen LogP contribution in [-0.2, 0) is 5.41 Å². The van der Waals surface area contributed by atoms with E-state index >= 15 is 0 Å². The van der Waals surface area contributed by atoms with Gasteiger partial charge in [-0.15, -0.1) is 0 Å². The third kappa shape index (κ3) is 2.04. The zero-order valence-electron chi connectivity index (χ0n) is 7.19. The molecule has 0 amide bonds. The van der Waals surface area contributed by atoms with Crippen molar-refractivity contribution in [3.05, 3.63) is 35.6 Å². The van der Waals surface area contributed by atoms with E-state index in [9.17, 15) is 4.39 Å². The Bertz CT molecular complexity index is 228. The van der Waals surface area contributed by atoms with E-state index in [0.29, 0.717) is 0 Å². The van der Waals surface area contributed by atoms with Crippen molar-refractivity contribution >= 4 is 0 Å². The summed E-state index contributed by atoms with van der Waals surface area (Å²) in [5.74, 6) is -0.169. The van der Waals surface area contributed by atoms with Crippen LogP contribution in [-0.4, -0.2) is 0 Å². The molecule has 0 aromatic heterocycles. The number of hydrogen-bond donors (Lipinski definition) is 0. The smallest absolute Gasteiger partial charge is 0.123 e. The van der Waals surface area contributed by atoms with E-state index in [1.54, 1.807) is 0 Å². The van der Waals surface area contributed by atoms with Crippen LogP contribution in [0.1, 0.15) is 26.3 Å². The van der Waals surface area contributed by atoms with Crippen LogP contribution in [0.15, 0.2) is 24.3 Å². The van der Waals surface area contributed by atoms with Crippen LogP contribution < -0.4 is 0 Å². The number of benzene rings is 1. The third-order valence-corrected chi connectivity index (χ3v) is 1.71. The predicted molar refractivity (Wildman–Crippen MR) is 45.1 cm³/mol. The van der Waals surface area contributed by atoms with Crippen LogP contribution in [0.3, 0.4) is 0 Å². The van der Waals surface area contributed by atoms with Crippen LogP contribution in [0.4, 0.5) is 4.39 Å². The maximum Gasteiger partial charge on any atom is 0.123 e. The maximum absolute atomic E-state index is 12.5. The lowest BCUT2D eigenvalue weighted by atomic mass is 9.87. The first-order valence-electron chi connectivity index (χ1n) is 3.76. The Labute approximate surface area is 67.1 Å². The first kappa shape index (κ1) is 8.25. The van der Waals surface area contributed by atoms with Crippen molar-refractivity contribution in [3.8, 4) is 0 Å². The standard InChI is InChI=1S/C10H13F/c1-10(2,3)8-4-6-9(11)7-5-8/h4-7H,1-3H3/i11-1. The Morgan fingerprint density at radius 1 is 1.00 bits per heavy atom. The average Bonchev–Trinajstić information content (AvgIpc) is 1.86. The van der Waals surface area contributed by atoms with Gasteiger partial charge in [0.05, 0.1) is 0 Å². The molecule has 0 saturated heterocycles. The first-order chi connectivity index (χ1) is 5.00. The van der Waals surface area contributed by atoms with Crippen molar-refractivity contribution in [1.82, 2.24) is 0 Å². The molecule has 1 heteroatoms. The quantitative estimate of drug-likeness (QED) is 0.534. The van der Waals surface area contributed by atoms with Gasteiger partial charge in [-0.05, 0) is 23.1 Å². The van der Waals surface area contributed by atoms with E-state index in [0.717, 1.165) is 0 Å². The van der Waals surface area contributed by atoms with Crippen molar-refractivity contribution in [2.75, 3.05) is 0 Å². The summed E-state index contributed by atoms with van der Waals surface area (Å²) >= 11 is 0. The molecule has 0 atom stereocenters. The molecule has 60 valence electrons. The summed E-state index contributed by atoms with van der Waals surface area (Å²) < 4.78 is 12.5. The minimum Gasteiger partial charge on any atom is -0.207 e. The Morgan fingerprint density at radius 3 is 1.82 bits per heavy atom. The molecule has 0 saturated carbocycles. The Balaban J connectivity index is 2.99. The van der Waals surface area contributed by atoms with Crippen molar-refractivity contribution in [2.24, 2.45) is 0 Å². The normalized spacial score (nSPS) is 11.6. The molecule has 0 fully saturated rings. The zero-order valence-corrected chi connectivity index (χ0v) is 7.19. The molecule has 0 aliphatic carbocycles. The summed E-state index contributed by atoms with van der Waals surface area (Å²) in [5, 5.41) is 0. The van der Waals surface area contributed by atoms with Crippen molar-refractivity contribution < 1.29 is 4.39 Å². The van der Waals surface area contributed by atoms with Crippen LogP contribution in [0, 0.1) is 5.82 Å². The lowest BCUT2D eigenvalue weighted by molar-refractivity contribution is 0.583. The highest BCUT2D eigenvalue weighted by molar-refractivity contribution is 5.22. The molecule has 0 aliphatic rings. The van der Waals surface area contributed by atoms with Gasteiger partial charge in [0, 0.05) is 0 Å². The molecule has 0 radical (unpaired) electrons. The Kier molecular flexibility index (Phi) is 1.99. The van der Waals surface area contributed by atoms with Gasteiger partial charge < -0.3 is 0 Å². The van der Waals surface area contributed by atoms with Gasteiger partial charge in [0.15, 0.2) is 0 Å². The van der Waals surface area contributed by atoms with E-state index in [4.69, 9.17) is 0 Å². The minimum absolute atomic E-state index is 0.119. The van der Waals surface area contributed by atoms with E-state index < -0.39 is 0 Å². The molecule has 0 bridgehead atoms. The lowest BCUT2D eigenvalue weighted by Crippen LogP contribution is -2.10. The van der Waals surface area contributed by atoms with E-state index in [-0.39, 0.29) is 11.2 Å². The summed E-state index contributed by atoms with van der Waals surface area (Å²) in [6, 6.07) is 6.66. The third-order valence-electron chi connectivity index (χ3n) is 1.71. The molecule has 0 heterocycles. The molecule has 1 rings (SSSR count). The summed E-state index contributed by atoms with van der Waals surface area (Å²) in [5.41, 5.74) is 1.28. The van der Waals surface area contributed by atoms with Gasteiger partial charge in [0.2, 0.25) is 0 Å². The monoisotopic (exact) mass is 151 g/mol. The van der Waals surface area contributed by atoms with E-state index in [1.165, 1.54) is 17.7 Å². The first-order valence-corrected chi connectivity index (χ1v) is 3.76. The topological polar surface area (TPSA) is 0 Å². The number of rotatable bonds is 0. The Morgan fingerprint density at radius 2 is 1.45 bits per heavy atom. The van der Waals surface area contributed by atoms with Gasteiger partial charge in [-0.25, -0.2) is 4.39 Å². The van der Waals surface area contributed by atoms with Crippen LogP contribution in [0.2, 0.25) is 0 Å². The average molecular weight is 151 g/mol. The Hall–Kier alpha value is -0.850. The summed E-state index contributed by atoms with van der Waals surface area (Å²) in [7, 11) is 0. The fourth-order valence-corrected chi connectivity index (χ4v) is 0.950.